The highest BCUT2D eigenvalue weighted by molar-refractivity contribution is 7.93. The van der Waals surface area contributed by atoms with Crippen LogP contribution in [0.4, 0.5) is 5.69 Å². The molecular weight excluding hydrogens is 462 g/mol. The lowest BCUT2D eigenvalue weighted by molar-refractivity contribution is -0.141. The molecule has 1 aliphatic heterocycles. The Balaban J connectivity index is 1.51. The highest BCUT2D eigenvalue weighted by Gasteiger charge is 2.35. The Kier molecular flexibility index (Phi) is 7.40. The Morgan fingerprint density at radius 2 is 1.69 bits per heavy atom. The summed E-state index contributed by atoms with van der Waals surface area (Å²) in [5, 5.41) is 4.44. The molecule has 184 valence electrons. The monoisotopic (exact) mass is 493 g/mol. The lowest BCUT2D eigenvalue weighted by atomic mass is 10.1. The number of hydrogen-bond donors (Lipinski definition) is 1. The number of anilines is 1. The summed E-state index contributed by atoms with van der Waals surface area (Å²) in [4.78, 5) is 28.0. The van der Waals surface area contributed by atoms with E-state index in [1.54, 1.807) is 17.0 Å². The van der Waals surface area contributed by atoms with Crippen LogP contribution in [0.1, 0.15) is 38.7 Å². The summed E-state index contributed by atoms with van der Waals surface area (Å²) in [7, 11) is -3.66. The lowest BCUT2D eigenvalue weighted by Gasteiger charge is -2.31. The van der Waals surface area contributed by atoms with Crippen molar-refractivity contribution in [2.75, 3.05) is 17.4 Å². The van der Waals surface area contributed by atoms with Gasteiger partial charge in [-0.25, -0.2) is 8.42 Å². The van der Waals surface area contributed by atoms with E-state index >= 15 is 0 Å². The fraction of sp³-hybridized carbons (Fsp3) is 0.333. The predicted molar refractivity (Wildman–Crippen MR) is 137 cm³/mol. The third kappa shape index (κ3) is 4.89. The van der Waals surface area contributed by atoms with Crippen LogP contribution in [0, 0.1) is 0 Å². The molecule has 0 bridgehead atoms. The van der Waals surface area contributed by atoms with Crippen molar-refractivity contribution in [1.82, 2.24) is 10.2 Å². The van der Waals surface area contributed by atoms with Gasteiger partial charge in [0.1, 0.15) is 6.04 Å². The van der Waals surface area contributed by atoms with Crippen molar-refractivity contribution in [3.05, 3.63) is 72.3 Å². The summed E-state index contributed by atoms with van der Waals surface area (Å²) in [6.07, 6.45) is 0.975. The van der Waals surface area contributed by atoms with Gasteiger partial charge in [-0.15, -0.1) is 0 Å². The summed E-state index contributed by atoms with van der Waals surface area (Å²) in [6, 6.07) is 19.8. The lowest BCUT2D eigenvalue weighted by Crippen LogP contribution is -2.49. The van der Waals surface area contributed by atoms with E-state index in [0.29, 0.717) is 36.5 Å². The Hall–Kier alpha value is -3.39. The van der Waals surface area contributed by atoms with Crippen molar-refractivity contribution in [2.24, 2.45) is 0 Å². The fourth-order valence-corrected chi connectivity index (χ4v) is 6.46. The van der Waals surface area contributed by atoms with E-state index in [-0.39, 0.29) is 24.8 Å². The number of carbonyl (C=O) groups is 2. The second kappa shape index (κ2) is 10.5. The first kappa shape index (κ1) is 24.7. The number of nitrogens with zero attached hydrogens (tertiary/aromatic N) is 2. The van der Waals surface area contributed by atoms with Crippen LogP contribution in [0.25, 0.3) is 10.8 Å². The average Bonchev–Trinajstić information content (AvgIpc) is 3.08. The van der Waals surface area contributed by atoms with Gasteiger partial charge in [-0.1, -0.05) is 61.5 Å². The second-order valence-corrected chi connectivity index (χ2v) is 10.5. The zero-order valence-corrected chi connectivity index (χ0v) is 20.9. The highest BCUT2D eigenvalue weighted by Crippen LogP contribution is 2.42. The van der Waals surface area contributed by atoms with Gasteiger partial charge in [0.25, 0.3) is 10.0 Å². The molecular formula is C27H31N3O4S. The minimum Gasteiger partial charge on any atom is -0.355 e. The molecule has 0 radical (unpaired) electrons. The molecule has 1 heterocycles. The largest absolute Gasteiger partial charge is 0.355 e. The zero-order chi connectivity index (χ0) is 25.0. The smallest absolute Gasteiger partial charge is 0.265 e. The van der Waals surface area contributed by atoms with Crippen LogP contribution in [-0.4, -0.2) is 44.3 Å². The third-order valence-electron chi connectivity index (χ3n) is 6.37. The number of benzene rings is 3. The van der Waals surface area contributed by atoms with Crippen molar-refractivity contribution < 1.29 is 18.0 Å². The molecule has 2 amide bonds. The van der Waals surface area contributed by atoms with Gasteiger partial charge in [-0.2, -0.15) is 0 Å². The summed E-state index contributed by atoms with van der Waals surface area (Å²) < 4.78 is 27.8. The van der Waals surface area contributed by atoms with E-state index < -0.39 is 16.1 Å². The number of carbonyl (C=O) groups excluding carboxylic acids is 2. The molecule has 4 rings (SSSR count). The van der Waals surface area contributed by atoms with Gasteiger partial charge < -0.3 is 10.2 Å². The zero-order valence-electron chi connectivity index (χ0n) is 20.1. The SMILES string of the molecule is CCNC(=O)[C@H](CC)N(Cc1ccccc1)C(=O)CCCN1c2cccc3cccc(c23)S1(=O)=O. The fourth-order valence-electron chi connectivity index (χ4n) is 4.71. The highest BCUT2D eigenvalue weighted by atomic mass is 32.2. The molecule has 0 saturated carbocycles. The molecule has 0 spiro atoms. The summed E-state index contributed by atoms with van der Waals surface area (Å²) in [5.41, 5.74) is 1.59. The maximum Gasteiger partial charge on any atom is 0.265 e. The summed E-state index contributed by atoms with van der Waals surface area (Å²) in [5.74, 6) is -0.345. The van der Waals surface area contributed by atoms with Crippen LogP contribution in [0.15, 0.2) is 71.6 Å². The Bertz CT molecular complexity index is 1320. The average molecular weight is 494 g/mol. The van der Waals surface area contributed by atoms with Crippen molar-refractivity contribution in [3.63, 3.8) is 0 Å². The van der Waals surface area contributed by atoms with Crippen LogP contribution < -0.4 is 9.62 Å². The normalized spacial score (nSPS) is 14.6. The van der Waals surface area contributed by atoms with Gasteiger partial charge in [0.15, 0.2) is 0 Å². The molecule has 0 unspecified atom stereocenters. The first-order chi connectivity index (χ1) is 16.9. The topological polar surface area (TPSA) is 86.8 Å². The number of sulfonamides is 1. The van der Waals surface area contributed by atoms with Crippen LogP contribution in [0.2, 0.25) is 0 Å². The molecule has 0 saturated heterocycles. The number of rotatable bonds is 10. The molecule has 3 aromatic carbocycles. The Labute approximate surface area is 206 Å². The molecule has 1 N–H and O–H groups in total. The molecule has 1 atom stereocenters. The maximum atomic E-state index is 13.4. The van der Waals surface area contributed by atoms with Crippen LogP contribution >= 0.6 is 0 Å². The second-order valence-electron chi connectivity index (χ2n) is 8.64. The minimum absolute atomic E-state index is 0.140. The molecule has 8 heteroatoms. The minimum atomic E-state index is -3.66. The quantitative estimate of drug-likeness (QED) is 0.461. The number of likely N-dealkylation sites (N-methyl/N-ethyl adjacent to an activating group) is 1. The van der Waals surface area contributed by atoms with Crippen molar-refractivity contribution in [2.45, 2.75) is 50.6 Å². The van der Waals surface area contributed by atoms with E-state index in [4.69, 9.17) is 0 Å². The number of amides is 2. The maximum absolute atomic E-state index is 13.4. The van der Waals surface area contributed by atoms with Crippen molar-refractivity contribution in [1.29, 1.82) is 0 Å². The van der Waals surface area contributed by atoms with Crippen LogP contribution in [-0.2, 0) is 26.2 Å². The van der Waals surface area contributed by atoms with Crippen molar-refractivity contribution >= 4 is 38.3 Å². The van der Waals surface area contributed by atoms with Gasteiger partial charge >= 0.3 is 0 Å². The predicted octanol–water partition coefficient (Wildman–Crippen LogP) is 4.07. The molecule has 7 nitrogen and oxygen atoms in total. The molecule has 3 aromatic rings. The van der Waals surface area contributed by atoms with E-state index in [1.807, 2.05) is 68.4 Å². The summed E-state index contributed by atoms with van der Waals surface area (Å²) >= 11 is 0. The molecule has 0 aliphatic carbocycles. The van der Waals surface area contributed by atoms with Gasteiger partial charge in [0.05, 0.1) is 10.6 Å². The van der Waals surface area contributed by atoms with Crippen molar-refractivity contribution in [3.8, 4) is 0 Å². The van der Waals surface area contributed by atoms with E-state index in [0.717, 1.165) is 16.3 Å². The van der Waals surface area contributed by atoms with E-state index in [2.05, 4.69) is 5.32 Å². The molecule has 0 fully saturated rings. The van der Waals surface area contributed by atoms with Gasteiger partial charge in [-0.3, -0.25) is 13.9 Å². The number of nitrogens with one attached hydrogen (secondary N) is 1. The van der Waals surface area contributed by atoms with E-state index in [9.17, 15) is 18.0 Å². The standard InChI is InChI=1S/C27H31N3O4S/c1-3-22(27(32)28-4-2)29(19-20-11-6-5-7-12-20)25(31)17-10-18-30-23-15-8-13-21-14-9-16-24(26(21)23)35(30,33)34/h5-9,11-16,22H,3-4,10,17-19H2,1-2H3,(H,28,32)/t22-/m0/s1. The van der Waals surface area contributed by atoms with Gasteiger partial charge in [0.2, 0.25) is 11.8 Å². The first-order valence-electron chi connectivity index (χ1n) is 12.0. The Morgan fingerprint density at radius 1 is 0.971 bits per heavy atom. The molecule has 1 aliphatic rings. The third-order valence-corrected chi connectivity index (χ3v) is 8.22. The number of hydrogen-bond acceptors (Lipinski definition) is 4. The van der Waals surface area contributed by atoms with Crippen LogP contribution in [0.5, 0.6) is 0 Å². The summed E-state index contributed by atoms with van der Waals surface area (Å²) in [6.45, 7) is 4.74. The molecule has 0 aromatic heterocycles. The molecule has 35 heavy (non-hydrogen) atoms. The van der Waals surface area contributed by atoms with Gasteiger partial charge in [0, 0.05) is 31.4 Å². The first-order valence-corrected chi connectivity index (χ1v) is 13.5. The Morgan fingerprint density at radius 3 is 2.37 bits per heavy atom. The van der Waals surface area contributed by atoms with E-state index in [1.165, 1.54) is 4.31 Å². The van der Waals surface area contributed by atoms with Gasteiger partial charge in [-0.05, 0) is 42.8 Å². The van der Waals surface area contributed by atoms with Crippen LogP contribution in [0.3, 0.4) is 0 Å².